The van der Waals surface area contributed by atoms with Crippen molar-refractivity contribution in [3.8, 4) is 0 Å². The van der Waals surface area contributed by atoms with E-state index in [1.807, 2.05) is 0 Å². The van der Waals surface area contributed by atoms with Crippen LogP contribution in [0.5, 0.6) is 0 Å². The summed E-state index contributed by atoms with van der Waals surface area (Å²) in [6, 6.07) is -2.44. The fourth-order valence-corrected chi connectivity index (χ4v) is 2.17. The van der Waals surface area contributed by atoms with E-state index in [9.17, 15) is 67.1 Å². The quantitative estimate of drug-likeness (QED) is 0.177. The second kappa shape index (κ2) is 10.4. The Kier molecular flexibility index (Phi) is 9.85. The lowest BCUT2D eigenvalue weighted by Crippen LogP contribution is -2.61. The number of halogens is 14. The molecule has 0 rings (SSSR count). The van der Waals surface area contributed by atoms with Crippen molar-refractivity contribution in [3.63, 3.8) is 0 Å². The second-order valence-electron chi connectivity index (χ2n) is 6.41. The molecule has 0 bridgehead atoms. The Labute approximate surface area is 190 Å². The molecule has 0 aliphatic carbocycles. The van der Waals surface area contributed by atoms with Gasteiger partial charge in [0.1, 0.15) is 6.04 Å². The molecule has 0 saturated heterocycles. The van der Waals surface area contributed by atoms with Crippen LogP contribution in [-0.4, -0.2) is 69.9 Å². The standard InChI is InChI=1S/C14H12Cl2F12N2O4/c15-13(25,26)11(21,22)9(17,18)7(33)29-4-2-1-3-5(6(31)32)30-8(34)10(19,20)12(23,24)14(16,27)28/h5H,1-4H2,(H,29,33)(H,30,34)(H,31,32). The van der Waals surface area contributed by atoms with Gasteiger partial charge in [-0.2, -0.15) is 52.7 Å². The predicted molar refractivity (Wildman–Crippen MR) is 87.8 cm³/mol. The van der Waals surface area contributed by atoms with Gasteiger partial charge >= 0.3 is 40.4 Å². The van der Waals surface area contributed by atoms with E-state index in [4.69, 9.17) is 5.11 Å². The number of rotatable bonds is 13. The minimum atomic E-state index is -6.45. The highest BCUT2D eigenvalue weighted by Crippen LogP contribution is 2.49. The van der Waals surface area contributed by atoms with Gasteiger partial charge in [0.15, 0.2) is 0 Å². The van der Waals surface area contributed by atoms with Gasteiger partial charge in [-0.15, -0.1) is 0 Å². The first kappa shape index (κ1) is 32.1. The summed E-state index contributed by atoms with van der Waals surface area (Å²) in [4.78, 5) is 33.3. The smallest absolute Gasteiger partial charge is 0.395 e. The number of carbonyl (C=O) groups excluding carboxylic acids is 2. The largest absolute Gasteiger partial charge is 0.480 e. The summed E-state index contributed by atoms with van der Waals surface area (Å²) in [5.41, 5.74) is 0. The number of carbonyl (C=O) groups is 3. The summed E-state index contributed by atoms with van der Waals surface area (Å²) < 4.78 is 155. The zero-order chi connectivity index (χ0) is 27.6. The molecule has 0 aromatic heterocycles. The first-order chi connectivity index (χ1) is 14.9. The summed E-state index contributed by atoms with van der Waals surface area (Å²) in [7, 11) is 0. The molecule has 34 heavy (non-hydrogen) atoms. The highest BCUT2D eigenvalue weighted by molar-refractivity contribution is 6.23. The van der Waals surface area contributed by atoms with Crippen LogP contribution in [0.2, 0.25) is 0 Å². The third-order valence-corrected chi connectivity index (χ3v) is 4.35. The Morgan fingerprint density at radius 3 is 1.44 bits per heavy atom. The first-order valence-electron chi connectivity index (χ1n) is 8.32. The molecule has 0 aromatic rings. The number of carboxylic acids is 1. The summed E-state index contributed by atoms with van der Waals surface area (Å²) in [6.07, 6.45) is -2.21. The maximum atomic E-state index is 13.4. The molecule has 20 heteroatoms. The van der Waals surface area contributed by atoms with Crippen LogP contribution in [0.1, 0.15) is 19.3 Å². The molecule has 1 atom stereocenters. The van der Waals surface area contributed by atoms with Gasteiger partial charge in [-0.25, -0.2) is 4.79 Å². The summed E-state index contributed by atoms with van der Waals surface area (Å²) in [5, 5.41) is -1.01. The van der Waals surface area contributed by atoms with Crippen molar-refractivity contribution in [2.45, 2.75) is 59.8 Å². The number of hydrogen-bond donors (Lipinski definition) is 3. The van der Waals surface area contributed by atoms with Crippen LogP contribution in [0.15, 0.2) is 0 Å². The number of unbranched alkanes of at least 4 members (excludes halogenated alkanes) is 1. The van der Waals surface area contributed by atoms with Crippen molar-refractivity contribution in [3.05, 3.63) is 0 Å². The normalized spacial score (nSPS) is 15.0. The molecule has 0 spiro atoms. The van der Waals surface area contributed by atoms with E-state index in [0.717, 1.165) is 10.6 Å². The fourth-order valence-electron chi connectivity index (χ4n) is 1.93. The van der Waals surface area contributed by atoms with E-state index < -0.39 is 84.1 Å². The molecule has 0 radical (unpaired) electrons. The lowest BCUT2D eigenvalue weighted by Gasteiger charge is -2.29. The van der Waals surface area contributed by atoms with Crippen LogP contribution in [0, 0.1) is 0 Å². The molecule has 0 aliphatic rings. The van der Waals surface area contributed by atoms with Crippen LogP contribution in [0.3, 0.4) is 0 Å². The number of alkyl halides is 14. The molecule has 6 nitrogen and oxygen atoms in total. The molecule has 200 valence electrons. The van der Waals surface area contributed by atoms with Crippen LogP contribution in [-0.2, 0) is 14.4 Å². The maximum Gasteiger partial charge on any atom is 0.395 e. The lowest BCUT2D eigenvalue weighted by atomic mass is 10.1. The average Bonchev–Trinajstić information content (AvgIpc) is 2.63. The average molecular weight is 571 g/mol. The molecule has 0 heterocycles. The van der Waals surface area contributed by atoms with E-state index in [1.165, 1.54) is 0 Å². The van der Waals surface area contributed by atoms with Crippen LogP contribution < -0.4 is 10.6 Å². The summed E-state index contributed by atoms with van der Waals surface area (Å²) in [6.45, 7) is -1.01. The molecule has 1 unspecified atom stereocenters. The summed E-state index contributed by atoms with van der Waals surface area (Å²) >= 11 is 7.68. The number of aliphatic carboxylic acids is 1. The van der Waals surface area contributed by atoms with Gasteiger partial charge < -0.3 is 15.7 Å². The van der Waals surface area contributed by atoms with Crippen LogP contribution in [0.4, 0.5) is 52.7 Å². The van der Waals surface area contributed by atoms with Crippen molar-refractivity contribution in [2.24, 2.45) is 0 Å². The maximum absolute atomic E-state index is 13.4. The van der Waals surface area contributed by atoms with E-state index in [-0.39, 0.29) is 0 Å². The first-order valence-corrected chi connectivity index (χ1v) is 9.08. The molecular formula is C14H12Cl2F12N2O4. The summed E-state index contributed by atoms with van der Waals surface area (Å²) in [5.74, 6) is -33.2. The van der Waals surface area contributed by atoms with Crippen molar-refractivity contribution in [1.82, 2.24) is 10.6 Å². The van der Waals surface area contributed by atoms with Crippen molar-refractivity contribution in [1.29, 1.82) is 0 Å². The lowest BCUT2D eigenvalue weighted by molar-refractivity contribution is -0.269. The van der Waals surface area contributed by atoms with Gasteiger partial charge in [-0.05, 0) is 42.5 Å². The third-order valence-electron chi connectivity index (χ3n) is 3.88. The van der Waals surface area contributed by atoms with Crippen LogP contribution >= 0.6 is 23.2 Å². The van der Waals surface area contributed by atoms with Crippen LogP contribution in [0.25, 0.3) is 0 Å². The van der Waals surface area contributed by atoms with Gasteiger partial charge in [-0.1, -0.05) is 0 Å². The molecule has 0 saturated carbocycles. The minimum Gasteiger partial charge on any atom is -0.480 e. The SMILES string of the molecule is O=C(O)C(CCCCNC(=O)C(F)(F)C(F)(F)C(F)(F)Cl)NC(=O)C(F)(F)C(F)(F)C(F)(F)Cl. The van der Waals surface area contributed by atoms with E-state index in [0.29, 0.717) is 0 Å². The van der Waals surface area contributed by atoms with Crippen molar-refractivity contribution < 1.29 is 72.2 Å². The van der Waals surface area contributed by atoms with Gasteiger partial charge in [0.25, 0.3) is 11.8 Å². The number of carboxylic acid groups (broad SMARTS) is 1. The Morgan fingerprint density at radius 2 is 1.09 bits per heavy atom. The molecule has 0 fully saturated rings. The molecule has 3 N–H and O–H groups in total. The minimum absolute atomic E-state index is 0.626. The molecule has 2 amide bonds. The topological polar surface area (TPSA) is 95.5 Å². The highest BCUT2D eigenvalue weighted by Gasteiger charge is 2.75. The third kappa shape index (κ3) is 6.63. The van der Waals surface area contributed by atoms with Crippen molar-refractivity contribution in [2.75, 3.05) is 6.54 Å². The van der Waals surface area contributed by atoms with Gasteiger partial charge in [0.2, 0.25) is 0 Å². The number of nitrogens with one attached hydrogen (secondary N) is 2. The monoisotopic (exact) mass is 570 g/mol. The molecule has 0 aliphatic heterocycles. The van der Waals surface area contributed by atoms with Gasteiger partial charge in [0.05, 0.1) is 0 Å². The molecule has 0 aromatic carbocycles. The zero-order valence-corrected chi connectivity index (χ0v) is 17.4. The predicted octanol–water partition coefficient (Wildman–Crippen LogP) is 4.05. The number of amides is 2. The Hall–Kier alpha value is -1.85. The highest BCUT2D eigenvalue weighted by atomic mass is 35.5. The van der Waals surface area contributed by atoms with Crippen molar-refractivity contribution >= 4 is 41.0 Å². The van der Waals surface area contributed by atoms with E-state index >= 15 is 0 Å². The Balaban J connectivity index is 4.99. The molecular weight excluding hydrogens is 559 g/mol. The number of hydrogen-bond acceptors (Lipinski definition) is 3. The van der Waals surface area contributed by atoms with E-state index in [2.05, 4.69) is 23.2 Å². The zero-order valence-electron chi connectivity index (χ0n) is 15.9. The fraction of sp³-hybridized carbons (Fsp3) is 0.786. The Bertz CT molecular complexity index is 771. The van der Waals surface area contributed by atoms with Gasteiger partial charge in [0, 0.05) is 6.54 Å². The van der Waals surface area contributed by atoms with Gasteiger partial charge in [-0.3, -0.25) is 9.59 Å². The second-order valence-corrected chi connectivity index (χ2v) is 7.36. The Morgan fingerprint density at radius 1 is 0.706 bits per heavy atom. The van der Waals surface area contributed by atoms with E-state index in [1.54, 1.807) is 0 Å².